The van der Waals surface area contributed by atoms with Gasteiger partial charge in [-0.1, -0.05) is 39.3 Å². The zero-order valence-corrected chi connectivity index (χ0v) is 21.9. The number of hydrogen-bond acceptors (Lipinski definition) is 4. The number of carboxylic acid groups (broad SMARTS) is 1. The third-order valence-corrected chi connectivity index (χ3v) is 6.99. The zero-order valence-electron chi connectivity index (χ0n) is 21.1. The van der Waals surface area contributed by atoms with Crippen molar-refractivity contribution in [2.24, 2.45) is 10.8 Å². The fraction of sp³-hybridized carbons (Fsp3) is 0.444. The van der Waals surface area contributed by atoms with E-state index in [2.05, 4.69) is 5.32 Å². The largest absolute Gasteiger partial charge is 0.489 e. The van der Waals surface area contributed by atoms with Gasteiger partial charge in [-0.15, -0.1) is 0 Å². The van der Waals surface area contributed by atoms with Crippen molar-refractivity contribution in [1.82, 2.24) is 5.32 Å². The van der Waals surface area contributed by atoms with Crippen molar-refractivity contribution in [3.8, 4) is 11.8 Å². The Labute approximate surface area is 211 Å². The SMILES string of the molecule is CC(C)(C)N(C(=O)O)c1ccc(C(=O)N[C@H]2C(C)(C)[C@H](Oc3ccc(C#N)c(Cl)c3)C2(C)C)cc1. The predicted molar refractivity (Wildman–Crippen MR) is 136 cm³/mol. The zero-order chi connectivity index (χ0) is 26.3. The molecule has 0 heterocycles. The number of anilines is 1. The number of carbonyl (C=O) groups is 2. The van der Waals surface area contributed by atoms with E-state index in [4.69, 9.17) is 21.6 Å². The second-order valence-corrected chi connectivity index (χ2v) is 11.5. The van der Waals surface area contributed by atoms with E-state index in [0.29, 0.717) is 27.6 Å². The molecule has 186 valence electrons. The molecule has 8 heteroatoms. The van der Waals surface area contributed by atoms with E-state index < -0.39 is 11.6 Å². The highest BCUT2D eigenvalue weighted by atomic mass is 35.5. The van der Waals surface area contributed by atoms with Gasteiger partial charge in [-0.05, 0) is 57.2 Å². The molecule has 2 amide bonds. The molecule has 7 nitrogen and oxygen atoms in total. The summed E-state index contributed by atoms with van der Waals surface area (Å²) in [7, 11) is 0. The number of amides is 2. The minimum absolute atomic E-state index is 0.175. The Morgan fingerprint density at radius 2 is 1.66 bits per heavy atom. The first-order chi connectivity index (χ1) is 16.1. The fourth-order valence-electron chi connectivity index (χ4n) is 5.36. The minimum atomic E-state index is -1.05. The van der Waals surface area contributed by atoms with Crippen molar-refractivity contribution >= 4 is 29.3 Å². The molecule has 0 aliphatic heterocycles. The summed E-state index contributed by atoms with van der Waals surface area (Å²) < 4.78 is 6.27. The molecule has 0 atom stereocenters. The van der Waals surface area contributed by atoms with E-state index in [-0.39, 0.29) is 28.9 Å². The van der Waals surface area contributed by atoms with Gasteiger partial charge in [0, 0.05) is 39.7 Å². The van der Waals surface area contributed by atoms with Crippen LogP contribution in [0.4, 0.5) is 10.5 Å². The van der Waals surface area contributed by atoms with Crippen LogP contribution in [-0.4, -0.2) is 34.8 Å². The van der Waals surface area contributed by atoms with E-state index in [1.54, 1.807) is 42.5 Å². The highest BCUT2D eigenvalue weighted by molar-refractivity contribution is 6.31. The monoisotopic (exact) mass is 497 g/mol. The second-order valence-electron chi connectivity index (χ2n) is 11.1. The van der Waals surface area contributed by atoms with Crippen molar-refractivity contribution < 1.29 is 19.4 Å². The third-order valence-electron chi connectivity index (χ3n) is 6.68. The van der Waals surface area contributed by atoms with Gasteiger partial charge in [-0.25, -0.2) is 4.79 Å². The summed E-state index contributed by atoms with van der Waals surface area (Å²) in [6.45, 7) is 13.6. The molecule has 1 saturated carbocycles. The first-order valence-electron chi connectivity index (χ1n) is 11.4. The molecule has 1 aliphatic carbocycles. The van der Waals surface area contributed by atoms with Gasteiger partial charge in [-0.3, -0.25) is 9.69 Å². The van der Waals surface area contributed by atoms with Crippen LogP contribution in [0.2, 0.25) is 5.02 Å². The quantitative estimate of drug-likeness (QED) is 0.519. The molecule has 3 rings (SSSR count). The van der Waals surface area contributed by atoms with Crippen LogP contribution in [0.3, 0.4) is 0 Å². The van der Waals surface area contributed by atoms with Crippen LogP contribution in [0.15, 0.2) is 42.5 Å². The number of rotatable bonds is 5. The van der Waals surface area contributed by atoms with Crippen LogP contribution in [0.1, 0.15) is 64.4 Å². The maximum Gasteiger partial charge on any atom is 0.412 e. The van der Waals surface area contributed by atoms with Crippen LogP contribution in [-0.2, 0) is 0 Å². The average molecular weight is 498 g/mol. The first kappa shape index (κ1) is 26.4. The lowest BCUT2D eigenvalue weighted by Crippen LogP contribution is -2.74. The predicted octanol–water partition coefficient (Wildman–Crippen LogP) is 6.11. The summed E-state index contributed by atoms with van der Waals surface area (Å²) in [5.74, 6) is 0.336. The van der Waals surface area contributed by atoms with Crippen LogP contribution >= 0.6 is 11.6 Å². The Morgan fingerprint density at radius 3 is 2.11 bits per heavy atom. The first-order valence-corrected chi connectivity index (χ1v) is 11.8. The Balaban J connectivity index is 1.75. The van der Waals surface area contributed by atoms with Gasteiger partial charge in [0.25, 0.3) is 5.91 Å². The van der Waals surface area contributed by atoms with Crippen LogP contribution in [0, 0.1) is 22.2 Å². The molecule has 1 fully saturated rings. The number of carbonyl (C=O) groups excluding carboxylic acids is 1. The van der Waals surface area contributed by atoms with Crippen molar-refractivity contribution in [2.45, 2.75) is 66.2 Å². The molecule has 2 aromatic rings. The van der Waals surface area contributed by atoms with E-state index in [1.165, 1.54) is 4.90 Å². The topological polar surface area (TPSA) is 103 Å². The molecule has 0 saturated heterocycles. The standard InChI is InChI=1S/C27H32ClN3O4/c1-25(2,3)31(24(33)34)18-11-8-16(9-12-18)21(32)30-22-26(4,5)23(27(22,6)7)35-19-13-10-17(15-29)20(28)14-19/h8-14,22-23H,1-7H3,(H,30,32)(H,33,34)/t22-,23-. The lowest BCUT2D eigenvalue weighted by Gasteiger charge is -2.63. The number of nitrogens with one attached hydrogen (secondary N) is 1. The molecule has 2 N–H and O–H groups in total. The fourth-order valence-corrected chi connectivity index (χ4v) is 5.57. The molecule has 0 radical (unpaired) electrons. The number of nitriles is 1. The smallest absolute Gasteiger partial charge is 0.412 e. The molecule has 0 spiro atoms. The number of hydrogen-bond donors (Lipinski definition) is 2. The van der Waals surface area contributed by atoms with Crippen LogP contribution in [0.5, 0.6) is 5.75 Å². The van der Waals surface area contributed by atoms with Gasteiger partial charge in [0.2, 0.25) is 0 Å². The van der Waals surface area contributed by atoms with Gasteiger partial charge < -0.3 is 15.2 Å². The van der Waals surface area contributed by atoms with Gasteiger partial charge in [0.1, 0.15) is 17.9 Å². The van der Waals surface area contributed by atoms with Crippen LogP contribution < -0.4 is 15.0 Å². The molecule has 0 aromatic heterocycles. The summed E-state index contributed by atoms with van der Waals surface area (Å²) in [6, 6.07) is 13.4. The number of halogens is 1. The summed E-state index contributed by atoms with van der Waals surface area (Å²) in [4.78, 5) is 26.1. The highest BCUT2D eigenvalue weighted by Gasteiger charge is 2.64. The third kappa shape index (κ3) is 4.94. The Hall–Kier alpha value is -3.24. The van der Waals surface area contributed by atoms with Gasteiger partial charge >= 0.3 is 6.09 Å². The average Bonchev–Trinajstić information content (AvgIpc) is 2.74. The van der Waals surface area contributed by atoms with Gasteiger partial charge in [0.05, 0.1) is 10.6 Å². The van der Waals surface area contributed by atoms with E-state index in [9.17, 15) is 14.7 Å². The lowest BCUT2D eigenvalue weighted by molar-refractivity contribution is -0.164. The molecule has 35 heavy (non-hydrogen) atoms. The maximum absolute atomic E-state index is 13.1. The number of nitrogens with zero attached hydrogens (tertiary/aromatic N) is 2. The molecular weight excluding hydrogens is 466 g/mol. The second kappa shape index (κ2) is 9.09. The number of ether oxygens (including phenoxy) is 1. The maximum atomic E-state index is 13.1. The van der Waals surface area contributed by atoms with E-state index in [0.717, 1.165) is 0 Å². The van der Waals surface area contributed by atoms with E-state index in [1.807, 2.05) is 54.5 Å². The molecule has 0 bridgehead atoms. The van der Waals surface area contributed by atoms with Crippen molar-refractivity contribution in [1.29, 1.82) is 5.26 Å². The van der Waals surface area contributed by atoms with Crippen LogP contribution in [0.25, 0.3) is 0 Å². The molecule has 1 aliphatic rings. The van der Waals surface area contributed by atoms with Gasteiger partial charge in [-0.2, -0.15) is 5.26 Å². The minimum Gasteiger partial charge on any atom is -0.489 e. The van der Waals surface area contributed by atoms with Crippen molar-refractivity contribution in [2.75, 3.05) is 4.90 Å². The molecule has 0 unspecified atom stereocenters. The van der Waals surface area contributed by atoms with Crippen molar-refractivity contribution in [3.63, 3.8) is 0 Å². The summed E-state index contributed by atoms with van der Waals surface area (Å²) >= 11 is 6.16. The Bertz CT molecular complexity index is 1160. The lowest BCUT2D eigenvalue weighted by atomic mass is 9.49. The molecular formula is C27H32ClN3O4. The summed E-state index contributed by atoms with van der Waals surface area (Å²) in [5.41, 5.74) is -0.0546. The Morgan fingerprint density at radius 1 is 1.09 bits per heavy atom. The molecule has 2 aromatic carbocycles. The summed E-state index contributed by atoms with van der Waals surface area (Å²) in [6.07, 6.45) is -1.26. The summed E-state index contributed by atoms with van der Waals surface area (Å²) in [5, 5.41) is 22.2. The normalized spacial score (nSPS) is 20.2. The van der Waals surface area contributed by atoms with E-state index >= 15 is 0 Å². The number of benzene rings is 2. The Kier molecular flexibility index (Phi) is 6.84. The van der Waals surface area contributed by atoms with Crippen molar-refractivity contribution in [3.05, 3.63) is 58.6 Å². The highest BCUT2D eigenvalue weighted by Crippen LogP contribution is 2.55. The van der Waals surface area contributed by atoms with Gasteiger partial charge in [0.15, 0.2) is 0 Å².